The number of nitrogens with one attached hydrogen (secondary N) is 2. The van der Waals surface area contributed by atoms with Gasteiger partial charge in [0.25, 0.3) is 11.8 Å². The predicted octanol–water partition coefficient (Wildman–Crippen LogP) is 0.266. The van der Waals surface area contributed by atoms with Crippen LogP contribution in [0.3, 0.4) is 0 Å². The Morgan fingerprint density at radius 3 is 2.45 bits per heavy atom. The third-order valence-corrected chi connectivity index (χ3v) is 4.09. The van der Waals surface area contributed by atoms with Crippen LogP contribution in [0, 0.1) is 0 Å². The monoisotopic (exact) mass is 303 g/mol. The van der Waals surface area contributed by atoms with E-state index in [-0.39, 0.29) is 18.4 Å². The highest BCUT2D eigenvalue weighted by atomic mass is 16.5. The van der Waals surface area contributed by atoms with E-state index in [0.29, 0.717) is 31.7 Å². The maximum absolute atomic E-state index is 12.1. The van der Waals surface area contributed by atoms with Gasteiger partial charge in [-0.25, -0.2) is 4.79 Å². The summed E-state index contributed by atoms with van der Waals surface area (Å²) >= 11 is 0. The summed E-state index contributed by atoms with van der Waals surface area (Å²) < 4.78 is 5.44. The maximum Gasteiger partial charge on any atom is 0.322 e. The Kier molecular flexibility index (Phi) is 3.70. The second-order valence-electron chi connectivity index (χ2n) is 5.47. The number of carbonyl (C=O) groups excluding carboxylic acids is 3. The van der Waals surface area contributed by atoms with Crippen molar-refractivity contribution in [2.75, 3.05) is 19.7 Å². The summed E-state index contributed by atoms with van der Waals surface area (Å²) in [6, 6.07) is 8.67. The molecule has 2 aliphatic rings. The van der Waals surface area contributed by atoms with Crippen LogP contribution in [0.2, 0.25) is 0 Å². The van der Waals surface area contributed by atoms with Gasteiger partial charge >= 0.3 is 6.03 Å². The number of likely N-dealkylation sites (tertiary alicyclic amines) is 1. The van der Waals surface area contributed by atoms with Crippen molar-refractivity contribution in [3.8, 4) is 5.75 Å². The molecule has 2 saturated heterocycles. The van der Waals surface area contributed by atoms with Crippen LogP contribution in [0.15, 0.2) is 30.3 Å². The van der Waals surface area contributed by atoms with Crippen LogP contribution in [0.25, 0.3) is 0 Å². The zero-order chi connectivity index (χ0) is 15.6. The number of imide groups is 1. The van der Waals surface area contributed by atoms with Crippen LogP contribution in [0.4, 0.5) is 4.79 Å². The van der Waals surface area contributed by atoms with Crippen molar-refractivity contribution in [1.29, 1.82) is 0 Å². The fourth-order valence-corrected chi connectivity index (χ4v) is 2.77. The topological polar surface area (TPSA) is 87.7 Å². The first-order valence-corrected chi connectivity index (χ1v) is 7.18. The van der Waals surface area contributed by atoms with Gasteiger partial charge in [-0.1, -0.05) is 18.2 Å². The molecule has 1 aromatic carbocycles. The molecule has 0 saturated carbocycles. The molecule has 1 aromatic rings. The first kappa shape index (κ1) is 14.4. The Morgan fingerprint density at radius 2 is 1.86 bits per heavy atom. The zero-order valence-corrected chi connectivity index (χ0v) is 12.0. The number of urea groups is 1. The largest absolute Gasteiger partial charge is 0.484 e. The highest BCUT2D eigenvalue weighted by molar-refractivity contribution is 6.07. The van der Waals surface area contributed by atoms with Crippen molar-refractivity contribution in [3.05, 3.63) is 30.3 Å². The van der Waals surface area contributed by atoms with E-state index < -0.39 is 11.6 Å². The first-order valence-electron chi connectivity index (χ1n) is 7.18. The average molecular weight is 303 g/mol. The van der Waals surface area contributed by atoms with Crippen molar-refractivity contribution >= 4 is 17.8 Å². The van der Waals surface area contributed by atoms with Crippen LogP contribution < -0.4 is 15.4 Å². The lowest BCUT2D eigenvalue weighted by Crippen LogP contribution is -2.56. The molecule has 3 rings (SSSR count). The highest BCUT2D eigenvalue weighted by Crippen LogP contribution is 2.25. The molecule has 22 heavy (non-hydrogen) atoms. The smallest absolute Gasteiger partial charge is 0.322 e. The van der Waals surface area contributed by atoms with Crippen molar-refractivity contribution in [3.63, 3.8) is 0 Å². The molecule has 2 fully saturated rings. The summed E-state index contributed by atoms with van der Waals surface area (Å²) in [7, 11) is 0. The highest BCUT2D eigenvalue weighted by Gasteiger charge is 2.48. The first-order chi connectivity index (χ1) is 10.6. The van der Waals surface area contributed by atoms with Crippen molar-refractivity contribution in [2.24, 2.45) is 0 Å². The van der Waals surface area contributed by atoms with E-state index in [1.54, 1.807) is 17.0 Å². The number of hydrogen-bond acceptors (Lipinski definition) is 4. The quantitative estimate of drug-likeness (QED) is 0.784. The van der Waals surface area contributed by atoms with Gasteiger partial charge in [-0.15, -0.1) is 0 Å². The molecule has 2 heterocycles. The van der Waals surface area contributed by atoms with E-state index in [1.165, 1.54) is 0 Å². The van der Waals surface area contributed by atoms with E-state index >= 15 is 0 Å². The third-order valence-electron chi connectivity index (χ3n) is 4.09. The molecule has 7 heteroatoms. The Hall–Kier alpha value is -2.57. The van der Waals surface area contributed by atoms with Gasteiger partial charge in [0.05, 0.1) is 0 Å². The number of nitrogens with zero attached hydrogens (tertiary/aromatic N) is 1. The molecule has 2 aliphatic heterocycles. The maximum atomic E-state index is 12.1. The minimum Gasteiger partial charge on any atom is -0.484 e. The lowest BCUT2D eigenvalue weighted by Gasteiger charge is -2.36. The minimum absolute atomic E-state index is 0.0322. The molecule has 4 amide bonds. The SMILES string of the molecule is O=C1NC(=O)C2(CCN(C(=O)COc3ccccc3)CC2)N1. The van der Waals surface area contributed by atoms with Crippen LogP contribution in [-0.4, -0.2) is 48.0 Å². The van der Waals surface area contributed by atoms with Gasteiger partial charge in [0.15, 0.2) is 6.61 Å². The summed E-state index contributed by atoms with van der Waals surface area (Å²) in [6.07, 6.45) is 0.837. The number of amides is 4. The molecule has 0 aliphatic carbocycles. The number of para-hydroxylation sites is 1. The normalized spacial score (nSPS) is 19.7. The van der Waals surface area contributed by atoms with Gasteiger partial charge in [-0.2, -0.15) is 0 Å². The van der Waals surface area contributed by atoms with Crippen molar-refractivity contribution in [1.82, 2.24) is 15.5 Å². The second kappa shape index (κ2) is 5.67. The van der Waals surface area contributed by atoms with Gasteiger partial charge in [0, 0.05) is 13.1 Å². The standard InChI is InChI=1S/C15H17N3O4/c19-12(10-22-11-4-2-1-3-5-11)18-8-6-15(7-9-18)13(20)16-14(21)17-15/h1-5H,6-10H2,(H2,16,17,20,21). The van der Waals surface area contributed by atoms with E-state index in [0.717, 1.165) is 0 Å². The molecule has 7 nitrogen and oxygen atoms in total. The third kappa shape index (κ3) is 2.74. The number of hydrogen-bond donors (Lipinski definition) is 2. The number of carbonyl (C=O) groups is 3. The van der Waals surface area contributed by atoms with E-state index in [9.17, 15) is 14.4 Å². The fourth-order valence-electron chi connectivity index (χ4n) is 2.77. The number of rotatable bonds is 3. The Balaban J connectivity index is 1.52. The summed E-state index contributed by atoms with van der Waals surface area (Å²) in [5.74, 6) is 0.223. The molecule has 116 valence electrons. The summed E-state index contributed by atoms with van der Waals surface area (Å²) in [5.41, 5.74) is -0.853. The summed E-state index contributed by atoms with van der Waals surface area (Å²) in [5, 5.41) is 4.92. The van der Waals surface area contributed by atoms with Crippen LogP contribution in [0.5, 0.6) is 5.75 Å². The van der Waals surface area contributed by atoms with Crippen LogP contribution in [0.1, 0.15) is 12.8 Å². The molecule has 2 N–H and O–H groups in total. The number of benzene rings is 1. The summed E-state index contributed by atoms with van der Waals surface area (Å²) in [6.45, 7) is 0.810. The molecular formula is C15H17N3O4. The predicted molar refractivity (Wildman–Crippen MR) is 77.2 cm³/mol. The lowest BCUT2D eigenvalue weighted by atomic mass is 9.88. The molecular weight excluding hydrogens is 286 g/mol. The molecule has 0 bridgehead atoms. The molecule has 0 unspecified atom stereocenters. The van der Waals surface area contributed by atoms with E-state index in [4.69, 9.17) is 4.74 Å². The molecule has 0 atom stereocenters. The second-order valence-corrected chi connectivity index (χ2v) is 5.47. The van der Waals surface area contributed by atoms with E-state index in [1.807, 2.05) is 18.2 Å². The van der Waals surface area contributed by atoms with Gasteiger partial charge in [0.1, 0.15) is 11.3 Å². The van der Waals surface area contributed by atoms with E-state index in [2.05, 4.69) is 10.6 Å². The van der Waals surface area contributed by atoms with Gasteiger partial charge in [0.2, 0.25) is 0 Å². The molecule has 0 aromatic heterocycles. The lowest BCUT2D eigenvalue weighted by molar-refractivity contribution is -0.137. The molecule has 0 radical (unpaired) electrons. The Bertz CT molecular complexity index is 594. The summed E-state index contributed by atoms with van der Waals surface area (Å²) in [4.78, 5) is 36.9. The van der Waals surface area contributed by atoms with Crippen molar-refractivity contribution < 1.29 is 19.1 Å². The Labute approximate surface area is 127 Å². The number of ether oxygens (including phenoxy) is 1. The Morgan fingerprint density at radius 1 is 1.18 bits per heavy atom. The average Bonchev–Trinajstić information content (AvgIpc) is 2.80. The van der Waals surface area contributed by atoms with Gasteiger partial charge in [-0.05, 0) is 25.0 Å². The van der Waals surface area contributed by atoms with Crippen LogP contribution in [-0.2, 0) is 9.59 Å². The van der Waals surface area contributed by atoms with Gasteiger partial charge < -0.3 is 15.0 Å². The zero-order valence-electron chi connectivity index (χ0n) is 12.0. The van der Waals surface area contributed by atoms with Gasteiger partial charge in [-0.3, -0.25) is 14.9 Å². The minimum atomic E-state index is -0.853. The fraction of sp³-hybridized carbons (Fsp3) is 0.400. The molecule has 1 spiro atoms. The van der Waals surface area contributed by atoms with Crippen molar-refractivity contribution in [2.45, 2.75) is 18.4 Å². The number of piperidine rings is 1. The van der Waals surface area contributed by atoms with Crippen LogP contribution >= 0.6 is 0 Å².